The molecule has 8 nitrogen and oxygen atoms in total. The van der Waals surface area contributed by atoms with E-state index in [0.29, 0.717) is 39.5 Å². The van der Waals surface area contributed by atoms with Gasteiger partial charge in [-0.1, -0.05) is 29.8 Å². The monoisotopic (exact) mass is 555 g/mol. The van der Waals surface area contributed by atoms with Crippen LogP contribution in [0.5, 0.6) is 0 Å². The number of aldehydes is 1. The molecule has 1 aromatic carbocycles. The van der Waals surface area contributed by atoms with Crippen molar-refractivity contribution in [2.75, 3.05) is 17.5 Å². The summed E-state index contributed by atoms with van der Waals surface area (Å²) in [7, 11) is -2.11. The van der Waals surface area contributed by atoms with Crippen molar-refractivity contribution >= 4 is 61.7 Å². The van der Waals surface area contributed by atoms with Crippen LogP contribution in [0.25, 0.3) is 22.4 Å². The van der Waals surface area contributed by atoms with Crippen LogP contribution in [0.1, 0.15) is 35.2 Å². The Morgan fingerprint density at radius 2 is 1.94 bits per heavy atom. The van der Waals surface area contributed by atoms with Gasteiger partial charge in [-0.05, 0) is 48.4 Å². The zero-order chi connectivity index (χ0) is 22.6. The molecule has 164 valence electrons. The summed E-state index contributed by atoms with van der Waals surface area (Å²) in [6.45, 7) is 1.96. The van der Waals surface area contributed by atoms with Gasteiger partial charge in [-0.25, -0.2) is 8.42 Å². The Hall–Kier alpha value is -2.47. The number of furan rings is 1. The predicted molar refractivity (Wildman–Crippen MR) is 128 cm³/mol. The summed E-state index contributed by atoms with van der Waals surface area (Å²) in [6.07, 6.45) is 1.96. The predicted octanol–water partition coefficient (Wildman–Crippen LogP) is 3.88. The molecule has 0 saturated carbocycles. The number of nitrogens with one attached hydrogen (secondary N) is 2. The molecule has 0 unspecified atom stereocenters. The minimum absolute atomic E-state index is 0.118. The van der Waals surface area contributed by atoms with Gasteiger partial charge < -0.3 is 14.5 Å². The minimum atomic E-state index is -3.64. The molecule has 2 N–H and O–H groups in total. The molecule has 0 radical (unpaired) electrons. The average molecular weight is 555 g/mol. The summed E-state index contributed by atoms with van der Waals surface area (Å²) in [5, 5.41) is 3.12. The molecule has 3 rings (SSSR count). The Bertz CT molecular complexity index is 1220. The van der Waals surface area contributed by atoms with Gasteiger partial charge in [-0.15, -0.1) is 0 Å². The molecule has 0 atom stereocenters. The van der Waals surface area contributed by atoms with E-state index in [0.717, 1.165) is 17.4 Å². The Morgan fingerprint density at radius 1 is 1.23 bits per heavy atom. The molecule has 3 aromatic rings. The van der Waals surface area contributed by atoms with Gasteiger partial charge in [0.15, 0.2) is 5.82 Å². The van der Waals surface area contributed by atoms with Crippen molar-refractivity contribution < 1.29 is 22.4 Å². The Labute approximate surface area is 194 Å². The van der Waals surface area contributed by atoms with Gasteiger partial charge >= 0.3 is 0 Å². The summed E-state index contributed by atoms with van der Waals surface area (Å²) in [4.78, 5) is 27.3. The number of halogens is 1. The van der Waals surface area contributed by atoms with Crippen molar-refractivity contribution in [2.45, 2.75) is 26.2 Å². The van der Waals surface area contributed by atoms with Crippen LogP contribution in [0.3, 0.4) is 0 Å². The van der Waals surface area contributed by atoms with E-state index in [1.54, 1.807) is 6.07 Å². The maximum Gasteiger partial charge on any atom is 0.255 e. The molecule has 0 spiro atoms. The number of fused-ring (bicyclic) bond motifs is 1. The number of carbonyl (C=O) groups is 2. The van der Waals surface area contributed by atoms with E-state index in [-0.39, 0.29) is 23.2 Å². The second-order valence-corrected chi connectivity index (χ2v) is 10.0. The van der Waals surface area contributed by atoms with E-state index < -0.39 is 10.0 Å². The number of nitrogens with zero attached hydrogens (tertiary/aromatic N) is 1. The first-order chi connectivity index (χ1) is 14.8. The van der Waals surface area contributed by atoms with Crippen LogP contribution in [0, 0.1) is 10.5 Å². The Balaban J connectivity index is 2.02. The van der Waals surface area contributed by atoms with Gasteiger partial charge in [0.2, 0.25) is 15.7 Å². The van der Waals surface area contributed by atoms with Crippen molar-refractivity contribution in [2.24, 2.45) is 0 Å². The number of pyridine rings is 1. The first-order valence-corrected chi connectivity index (χ1v) is 12.3. The molecular formula is C21H22IN3O5S. The zero-order valence-electron chi connectivity index (χ0n) is 17.1. The number of rotatable bonds is 9. The summed E-state index contributed by atoms with van der Waals surface area (Å²) < 4.78 is 33.7. The van der Waals surface area contributed by atoms with E-state index >= 15 is 0 Å². The standard InChI is InChI=1S/C21H22IN3O5S/c1-13-6-8-14(9-7-13)18-17(20(27)23-2)15-12-16(22)19(24-21(15)30-18)25-31(28,29)11-5-3-4-10-26/h6-10,12H,3-5,11H2,1-2H3,(H,23,27)(H,24,25). The third-order valence-electron chi connectivity index (χ3n) is 4.64. The van der Waals surface area contributed by atoms with Crippen molar-refractivity contribution in [3.63, 3.8) is 0 Å². The van der Waals surface area contributed by atoms with Gasteiger partial charge in [-0.2, -0.15) is 4.98 Å². The van der Waals surface area contributed by atoms with E-state index in [2.05, 4.69) is 15.0 Å². The molecule has 31 heavy (non-hydrogen) atoms. The maximum atomic E-state index is 12.6. The van der Waals surface area contributed by atoms with Crippen LogP contribution in [0.4, 0.5) is 5.82 Å². The third kappa shape index (κ3) is 5.42. The van der Waals surface area contributed by atoms with E-state index in [9.17, 15) is 18.0 Å². The van der Waals surface area contributed by atoms with Gasteiger partial charge in [0.1, 0.15) is 12.0 Å². The van der Waals surface area contributed by atoms with Gasteiger partial charge in [0.25, 0.3) is 5.91 Å². The average Bonchev–Trinajstić information content (AvgIpc) is 3.09. The number of benzene rings is 1. The van der Waals surface area contributed by atoms with E-state index in [1.165, 1.54) is 7.05 Å². The number of hydrogen-bond acceptors (Lipinski definition) is 6. The van der Waals surface area contributed by atoms with Crippen molar-refractivity contribution in [3.8, 4) is 11.3 Å². The molecule has 0 bridgehead atoms. The molecule has 2 aromatic heterocycles. The lowest BCUT2D eigenvalue weighted by Crippen LogP contribution is -2.19. The number of amides is 1. The Kier molecular flexibility index (Phi) is 7.31. The SMILES string of the molecule is CNC(=O)c1c(-c2ccc(C)cc2)oc2nc(NS(=O)(=O)CCCCC=O)c(I)cc12. The summed E-state index contributed by atoms with van der Waals surface area (Å²) in [6, 6.07) is 9.22. The smallest absolute Gasteiger partial charge is 0.255 e. The molecule has 0 aliphatic rings. The fourth-order valence-electron chi connectivity index (χ4n) is 3.05. The highest BCUT2D eigenvalue weighted by Gasteiger charge is 2.24. The number of anilines is 1. The van der Waals surface area contributed by atoms with E-state index in [1.807, 2.05) is 53.8 Å². The number of sulfonamides is 1. The zero-order valence-corrected chi connectivity index (χ0v) is 20.0. The number of aryl methyl sites for hydroxylation is 1. The van der Waals surface area contributed by atoms with E-state index in [4.69, 9.17) is 4.42 Å². The second-order valence-electron chi connectivity index (χ2n) is 7.01. The highest BCUT2D eigenvalue weighted by molar-refractivity contribution is 14.1. The molecule has 10 heteroatoms. The van der Waals surface area contributed by atoms with Gasteiger partial charge in [0, 0.05) is 19.0 Å². The number of aromatic nitrogens is 1. The van der Waals surface area contributed by atoms with Gasteiger partial charge in [-0.3, -0.25) is 9.52 Å². The molecule has 0 aliphatic carbocycles. The second kappa shape index (κ2) is 9.77. The number of hydrogen-bond donors (Lipinski definition) is 2. The highest BCUT2D eigenvalue weighted by Crippen LogP contribution is 2.35. The van der Waals surface area contributed by atoms with Crippen LogP contribution in [0.15, 0.2) is 34.7 Å². The van der Waals surface area contributed by atoms with Crippen LogP contribution >= 0.6 is 22.6 Å². The summed E-state index contributed by atoms with van der Waals surface area (Å²) >= 11 is 1.97. The minimum Gasteiger partial charge on any atom is -0.437 e. The molecule has 2 heterocycles. The lowest BCUT2D eigenvalue weighted by Gasteiger charge is -2.08. The first kappa shape index (κ1) is 23.2. The summed E-state index contributed by atoms with van der Waals surface area (Å²) in [5.74, 6) is 0.0606. The van der Waals surface area contributed by atoms with Gasteiger partial charge in [0.05, 0.1) is 20.3 Å². The molecule has 0 fully saturated rings. The van der Waals surface area contributed by atoms with Crippen molar-refractivity contribution in [1.29, 1.82) is 0 Å². The first-order valence-electron chi connectivity index (χ1n) is 9.62. The van der Waals surface area contributed by atoms with Crippen molar-refractivity contribution in [3.05, 3.63) is 45.0 Å². The third-order valence-corrected chi connectivity index (χ3v) is 6.79. The van der Waals surface area contributed by atoms with Crippen LogP contribution in [-0.4, -0.2) is 38.4 Å². The Morgan fingerprint density at radius 3 is 2.58 bits per heavy atom. The van der Waals surface area contributed by atoms with Crippen molar-refractivity contribution in [1.82, 2.24) is 10.3 Å². The fourth-order valence-corrected chi connectivity index (χ4v) is 4.93. The fraction of sp³-hybridized carbons (Fsp3) is 0.286. The lowest BCUT2D eigenvalue weighted by atomic mass is 10.0. The molecule has 0 aliphatic heterocycles. The topological polar surface area (TPSA) is 118 Å². The van der Waals surface area contributed by atoms with Crippen LogP contribution in [-0.2, 0) is 14.8 Å². The number of unbranched alkanes of at least 4 members (excludes halogenated alkanes) is 2. The van der Waals surface area contributed by atoms with Crippen LogP contribution < -0.4 is 10.0 Å². The van der Waals surface area contributed by atoms with Crippen LogP contribution in [0.2, 0.25) is 0 Å². The number of carbonyl (C=O) groups excluding carboxylic acids is 2. The quantitative estimate of drug-likeness (QED) is 0.235. The summed E-state index contributed by atoms with van der Waals surface area (Å²) in [5.41, 5.74) is 2.29. The molecule has 1 amide bonds. The lowest BCUT2D eigenvalue weighted by molar-refractivity contribution is -0.107. The largest absolute Gasteiger partial charge is 0.437 e. The highest BCUT2D eigenvalue weighted by atomic mass is 127. The normalized spacial score (nSPS) is 11.5. The maximum absolute atomic E-state index is 12.6. The molecule has 0 saturated heterocycles. The molecular weight excluding hydrogens is 533 g/mol.